The number of rotatable bonds is 5. The lowest BCUT2D eigenvalue weighted by Gasteiger charge is -2.34. The maximum Gasteiger partial charge on any atom is 0.101 e. The van der Waals surface area contributed by atoms with Crippen LogP contribution in [0.15, 0.2) is 182 Å². The number of aromatic nitrogens is 2. The average molecular weight is 794 g/mol. The fourth-order valence-corrected chi connectivity index (χ4v) is 11.0. The Morgan fingerprint density at radius 2 is 1.13 bits per heavy atom. The minimum Gasteiger partial charge on any atom is -0.311 e. The van der Waals surface area contributed by atoms with Gasteiger partial charge in [0, 0.05) is 56.3 Å². The van der Waals surface area contributed by atoms with Gasteiger partial charge in [0.15, 0.2) is 0 Å². The number of hydrogen-bond donors (Lipinski definition) is 0. The van der Waals surface area contributed by atoms with Crippen molar-refractivity contribution in [1.82, 2.24) is 9.13 Å². The quantitative estimate of drug-likeness (QED) is 0.174. The molecular formula is C57H39N5. The van der Waals surface area contributed by atoms with E-state index < -0.39 is 0 Å². The van der Waals surface area contributed by atoms with Crippen molar-refractivity contribution in [2.45, 2.75) is 31.1 Å². The van der Waals surface area contributed by atoms with Gasteiger partial charge in [0.1, 0.15) is 12.1 Å². The predicted octanol–water partition coefficient (Wildman–Crippen LogP) is 14.3. The van der Waals surface area contributed by atoms with Crippen molar-refractivity contribution < 1.29 is 0 Å². The van der Waals surface area contributed by atoms with Gasteiger partial charge in [-0.15, -0.1) is 0 Å². The molecule has 8 aromatic carbocycles. The van der Waals surface area contributed by atoms with Gasteiger partial charge in [0.2, 0.25) is 0 Å². The van der Waals surface area contributed by atoms with E-state index in [0.717, 1.165) is 71.8 Å². The zero-order chi connectivity index (χ0) is 41.7. The Bertz CT molecular complexity index is 3550. The van der Waals surface area contributed by atoms with E-state index in [1.54, 1.807) is 0 Å². The van der Waals surface area contributed by atoms with Crippen LogP contribution in [-0.4, -0.2) is 9.13 Å². The van der Waals surface area contributed by atoms with Crippen LogP contribution in [0.4, 0.5) is 17.1 Å². The summed E-state index contributed by atoms with van der Waals surface area (Å²) in [4.78, 5) is 2.30. The molecule has 0 N–H and O–H groups in total. The van der Waals surface area contributed by atoms with Crippen molar-refractivity contribution in [1.29, 1.82) is 10.5 Å². The van der Waals surface area contributed by atoms with Crippen LogP contribution in [-0.2, 0) is 5.41 Å². The first kappa shape index (κ1) is 35.8. The first-order valence-electron chi connectivity index (χ1n) is 21.2. The van der Waals surface area contributed by atoms with E-state index in [0.29, 0.717) is 22.5 Å². The molecule has 62 heavy (non-hydrogen) atoms. The molecule has 0 saturated carbocycles. The number of para-hydroxylation sites is 3. The van der Waals surface area contributed by atoms with Crippen LogP contribution in [0.5, 0.6) is 0 Å². The van der Waals surface area contributed by atoms with Gasteiger partial charge in [-0.2, -0.15) is 10.5 Å². The second kappa shape index (κ2) is 13.4. The summed E-state index contributed by atoms with van der Waals surface area (Å²) in [6.45, 7) is 4.72. The smallest absolute Gasteiger partial charge is 0.101 e. The van der Waals surface area contributed by atoms with Crippen molar-refractivity contribution >= 4 is 66.6 Å². The molecule has 5 heteroatoms. The maximum absolute atomic E-state index is 11.3. The molecule has 0 radical (unpaired) electrons. The third-order valence-electron chi connectivity index (χ3n) is 13.6. The van der Waals surface area contributed by atoms with Gasteiger partial charge in [0.05, 0.1) is 39.1 Å². The van der Waals surface area contributed by atoms with Gasteiger partial charge in [-0.1, -0.05) is 135 Å². The third-order valence-corrected chi connectivity index (χ3v) is 13.6. The van der Waals surface area contributed by atoms with Crippen LogP contribution < -0.4 is 4.90 Å². The van der Waals surface area contributed by atoms with Crippen molar-refractivity contribution in [2.24, 2.45) is 0 Å². The zero-order valence-electron chi connectivity index (χ0n) is 34.3. The summed E-state index contributed by atoms with van der Waals surface area (Å²) >= 11 is 0. The van der Waals surface area contributed by atoms with Gasteiger partial charge in [-0.3, -0.25) is 0 Å². The summed E-state index contributed by atoms with van der Waals surface area (Å²) in [7, 11) is 0. The molecule has 2 atom stereocenters. The standard InChI is InChI=1S/C57H39N5/c1-57(2)48-23-13-11-21-43(48)44-27-28-45-47-33-41(60(39-16-5-3-6-17-39)40-18-7-4-8-19-40)26-30-50(47)62(56(45)55(44)57)53-32-37(34-58)52(31-38(53)35-59)61-49-24-14-12-22-46(49)54-42-20-10-9-15-36(42)25-29-51(54)61/h3-33,44,55H,1-2H3. The van der Waals surface area contributed by atoms with E-state index in [2.05, 4.69) is 198 Å². The van der Waals surface area contributed by atoms with Crippen LogP contribution in [0.3, 0.4) is 0 Å². The van der Waals surface area contributed by atoms with E-state index in [-0.39, 0.29) is 17.3 Å². The molecule has 10 aromatic rings. The topological polar surface area (TPSA) is 60.7 Å². The van der Waals surface area contributed by atoms with Crippen molar-refractivity contribution in [3.8, 4) is 23.5 Å². The normalized spacial score (nSPS) is 15.9. The van der Waals surface area contributed by atoms with Crippen LogP contribution in [0.25, 0.3) is 60.9 Å². The molecule has 2 aromatic heterocycles. The summed E-state index contributed by atoms with van der Waals surface area (Å²) in [6.07, 6.45) is 4.70. The molecule has 0 aliphatic heterocycles. The third kappa shape index (κ3) is 5.00. The largest absolute Gasteiger partial charge is 0.311 e. The molecule has 5 nitrogen and oxygen atoms in total. The Morgan fingerprint density at radius 3 is 1.85 bits per heavy atom. The van der Waals surface area contributed by atoms with E-state index in [1.165, 1.54) is 11.1 Å². The van der Waals surface area contributed by atoms with Gasteiger partial charge < -0.3 is 14.0 Å². The van der Waals surface area contributed by atoms with Crippen molar-refractivity contribution in [3.05, 3.63) is 216 Å². The summed E-state index contributed by atoms with van der Waals surface area (Å²) in [5.74, 6) is 0.214. The summed E-state index contributed by atoms with van der Waals surface area (Å²) < 4.78 is 4.49. The molecule has 292 valence electrons. The van der Waals surface area contributed by atoms with Crippen LogP contribution >= 0.6 is 0 Å². The first-order valence-corrected chi connectivity index (χ1v) is 21.2. The fraction of sp³-hybridized carbons (Fsp3) is 0.0877. The van der Waals surface area contributed by atoms with E-state index >= 15 is 0 Å². The number of hydrogen-bond acceptors (Lipinski definition) is 3. The number of fused-ring (bicyclic) bond motifs is 12. The molecule has 2 aliphatic carbocycles. The van der Waals surface area contributed by atoms with Gasteiger partial charge in [-0.25, -0.2) is 0 Å². The molecular weight excluding hydrogens is 755 g/mol. The Morgan fingerprint density at radius 1 is 0.532 bits per heavy atom. The maximum atomic E-state index is 11.3. The van der Waals surface area contributed by atoms with Gasteiger partial charge in [0.25, 0.3) is 0 Å². The summed E-state index contributed by atoms with van der Waals surface area (Å²) in [5.41, 5.74) is 13.3. The predicted molar refractivity (Wildman–Crippen MR) is 253 cm³/mol. The van der Waals surface area contributed by atoms with E-state index in [9.17, 15) is 10.5 Å². The Kier molecular flexibility index (Phi) is 7.76. The lowest BCUT2D eigenvalue weighted by Crippen LogP contribution is -2.27. The Balaban J connectivity index is 1.14. The number of benzene rings is 8. The number of anilines is 3. The van der Waals surface area contributed by atoms with E-state index in [1.807, 2.05) is 30.3 Å². The fourth-order valence-electron chi connectivity index (χ4n) is 11.0. The number of nitrogens with zero attached hydrogens (tertiary/aromatic N) is 5. The lowest BCUT2D eigenvalue weighted by atomic mass is 9.71. The molecule has 0 saturated heterocycles. The van der Waals surface area contributed by atoms with Crippen molar-refractivity contribution in [2.75, 3.05) is 4.90 Å². The second-order valence-electron chi connectivity index (χ2n) is 17.2. The van der Waals surface area contributed by atoms with Crippen LogP contribution in [0, 0.1) is 22.7 Å². The molecule has 12 rings (SSSR count). The number of nitriles is 2. The SMILES string of the molecule is CC1(C)c2ccccc2C2C=Cc3c(n(-c4cc(C#N)c(-n5c6ccccc6c6c7ccccc7ccc65)cc4C#N)c4ccc(N(c5ccccc5)c5ccccc5)cc34)C21. The first-order chi connectivity index (χ1) is 30.5. The van der Waals surface area contributed by atoms with Crippen LogP contribution in [0.2, 0.25) is 0 Å². The molecule has 2 aliphatic rings. The lowest BCUT2D eigenvalue weighted by molar-refractivity contribution is 0.412. The number of allylic oxidation sites excluding steroid dienone is 1. The molecule has 0 spiro atoms. The minimum atomic E-state index is -0.230. The minimum absolute atomic E-state index is 0.0671. The zero-order valence-corrected chi connectivity index (χ0v) is 34.3. The highest BCUT2D eigenvalue weighted by Crippen LogP contribution is 2.60. The molecule has 2 unspecified atom stereocenters. The van der Waals surface area contributed by atoms with Gasteiger partial charge in [-0.05, 0) is 94.0 Å². The highest BCUT2D eigenvalue weighted by Gasteiger charge is 2.50. The molecule has 2 heterocycles. The summed E-state index contributed by atoms with van der Waals surface area (Å²) in [6, 6.07) is 66.8. The summed E-state index contributed by atoms with van der Waals surface area (Å²) in [5, 5.41) is 28.1. The highest BCUT2D eigenvalue weighted by atomic mass is 15.1. The van der Waals surface area contributed by atoms with Crippen LogP contribution in [0.1, 0.15) is 59.2 Å². The molecule has 0 bridgehead atoms. The van der Waals surface area contributed by atoms with E-state index in [4.69, 9.17) is 0 Å². The average Bonchev–Trinajstić information content (AvgIpc) is 3.92. The Hall–Kier alpha value is -8.12. The molecule has 0 fully saturated rings. The Labute approximate surface area is 359 Å². The second-order valence-corrected chi connectivity index (χ2v) is 17.2. The highest BCUT2D eigenvalue weighted by molar-refractivity contribution is 6.21. The molecule has 0 amide bonds. The van der Waals surface area contributed by atoms with Gasteiger partial charge >= 0.3 is 0 Å². The monoisotopic (exact) mass is 793 g/mol. The van der Waals surface area contributed by atoms with Crippen molar-refractivity contribution in [3.63, 3.8) is 0 Å².